The highest BCUT2D eigenvalue weighted by atomic mass is 19.4. The van der Waals surface area contributed by atoms with Gasteiger partial charge in [0.15, 0.2) is 0 Å². The zero-order valence-electron chi connectivity index (χ0n) is 16.4. The topological polar surface area (TPSA) is 121 Å². The number of hydrogen-bond donors (Lipinski definition) is 1. The molecular weight excluding hydrogens is 439 g/mol. The molecule has 2 aromatic rings. The van der Waals surface area contributed by atoms with Crippen molar-refractivity contribution in [1.29, 1.82) is 0 Å². The number of aromatic nitrogens is 2. The van der Waals surface area contributed by atoms with Crippen molar-refractivity contribution in [2.45, 2.75) is 25.1 Å². The molecule has 0 unspecified atom stereocenters. The molecule has 32 heavy (non-hydrogen) atoms. The van der Waals surface area contributed by atoms with Gasteiger partial charge in [0.05, 0.1) is 19.1 Å². The Morgan fingerprint density at radius 2 is 1.94 bits per heavy atom. The van der Waals surface area contributed by atoms with Gasteiger partial charge in [-0.2, -0.15) is 0 Å². The van der Waals surface area contributed by atoms with E-state index in [-0.39, 0.29) is 48.8 Å². The molecule has 0 radical (unpaired) electrons. The summed E-state index contributed by atoms with van der Waals surface area (Å²) >= 11 is 0. The molecular formula is C18H18F3N5O6. The number of nitrogens with one attached hydrogen (secondary N) is 1. The number of imidazole rings is 1. The molecule has 1 amide bonds. The van der Waals surface area contributed by atoms with Crippen LogP contribution in [0.2, 0.25) is 0 Å². The number of nitro groups is 1. The van der Waals surface area contributed by atoms with Crippen molar-refractivity contribution in [1.82, 2.24) is 19.8 Å². The second-order valence-electron chi connectivity index (χ2n) is 7.32. The number of nitrogens with zero attached hydrogens (tertiary/aromatic N) is 4. The molecule has 1 fully saturated rings. The van der Waals surface area contributed by atoms with Crippen LogP contribution in [0.5, 0.6) is 17.5 Å². The van der Waals surface area contributed by atoms with Crippen LogP contribution in [-0.2, 0) is 11.3 Å². The Morgan fingerprint density at radius 3 is 2.59 bits per heavy atom. The maximum absolute atomic E-state index is 12.3. The fourth-order valence-electron chi connectivity index (χ4n) is 3.39. The van der Waals surface area contributed by atoms with E-state index in [0.717, 1.165) is 0 Å². The Labute approximate surface area is 178 Å². The quantitative estimate of drug-likeness (QED) is 0.488. The van der Waals surface area contributed by atoms with Crippen LogP contribution in [0, 0.1) is 10.1 Å². The lowest BCUT2D eigenvalue weighted by Crippen LogP contribution is -2.57. The zero-order valence-corrected chi connectivity index (χ0v) is 16.4. The van der Waals surface area contributed by atoms with Crippen molar-refractivity contribution in [2.24, 2.45) is 0 Å². The average Bonchev–Trinajstić information content (AvgIpc) is 3.10. The van der Waals surface area contributed by atoms with Gasteiger partial charge >= 0.3 is 18.2 Å². The van der Waals surface area contributed by atoms with Gasteiger partial charge in [-0.3, -0.25) is 14.3 Å². The number of halogens is 3. The summed E-state index contributed by atoms with van der Waals surface area (Å²) in [5, 5.41) is 13.6. The fraction of sp³-hybridized carbons (Fsp3) is 0.444. The lowest BCUT2D eigenvalue weighted by Gasteiger charge is -2.38. The van der Waals surface area contributed by atoms with E-state index >= 15 is 0 Å². The molecule has 1 N–H and O–H groups in total. The number of alkyl halides is 3. The number of benzene rings is 1. The van der Waals surface area contributed by atoms with Gasteiger partial charge in [0.1, 0.15) is 30.4 Å². The second-order valence-corrected chi connectivity index (χ2v) is 7.32. The Kier molecular flexibility index (Phi) is 5.78. The molecule has 0 bridgehead atoms. The van der Waals surface area contributed by atoms with Gasteiger partial charge in [-0.15, -0.1) is 13.2 Å². The monoisotopic (exact) mass is 457 g/mol. The Bertz CT molecular complexity index is 990. The van der Waals surface area contributed by atoms with E-state index in [0.29, 0.717) is 25.4 Å². The van der Waals surface area contributed by atoms with Crippen LogP contribution in [0.1, 0.15) is 0 Å². The lowest BCUT2D eigenvalue weighted by molar-refractivity contribution is -0.389. The summed E-state index contributed by atoms with van der Waals surface area (Å²) in [6, 6.07) is 4.89. The van der Waals surface area contributed by atoms with E-state index in [4.69, 9.17) is 9.47 Å². The van der Waals surface area contributed by atoms with E-state index in [9.17, 15) is 28.1 Å². The summed E-state index contributed by atoms with van der Waals surface area (Å²) in [5.74, 6) is -0.482. The van der Waals surface area contributed by atoms with E-state index in [1.54, 1.807) is 0 Å². The van der Waals surface area contributed by atoms with Gasteiger partial charge in [-0.05, 0) is 29.2 Å². The van der Waals surface area contributed by atoms with Crippen LogP contribution in [0.4, 0.5) is 19.0 Å². The van der Waals surface area contributed by atoms with E-state index in [1.807, 2.05) is 4.90 Å². The Morgan fingerprint density at radius 1 is 1.25 bits per heavy atom. The molecule has 3 heterocycles. The Hall–Kier alpha value is -3.55. The molecule has 14 heteroatoms. The van der Waals surface area contributed by atoms with Crippen molar-refractivity contribution in [2.75, 3.05) is 26.2 Å². The molecule has 0 spiro atoms. The minimum absolute atomic E-state index is 0.131. The molecule has 1 aromatic carbocycles. The molecule has 0 aliphatic carbocycles. The molecule has 0 saturated carbocycles. The van der Waals surface area contributed by atoms with Gasteiger partial charge < -0.3 is 29.6 Å². The van der Waals surface area contributed by atoms with Gasteiger partial charge in [0, 0.05) is 18.1 Å². The third kappa shape index (κ3) is 5.38. The maximum atomic E-state index is 12.3. The molecule has 2 aliphatic rings. The Balaban J connectivity index is 1.18. The maximum Gasteiger partial charge on any atom is 0.573 e. The number of hydrogen-bond acceptors (Lipinski definition) is 8. The number of likely N-dealkylation sites (tertiary alicyclic amines) is 1. The zero-order chi connectivity index (χ0) is 22.9. The van der Waals surface area contributed by atoms with E-state index < -0.39 is 11.3 Å². The second kappa shape index (κ2) is 8.53. The highest BCUT2D eigenvalue weighted by Crippen LogP contribution is 2.26. The summed E-state index contributed by atoms with van der Waals surface area (Å²) in [4.78, 5) is 28.0. The third-order valence-electron chi connectivity index (χ3n) is 4.76. The van der Waals surface area contributed by atoms with Crippen molar-refractivity contribution in [3.8, 4) is 17.5 Å². The third-order valence-corrected chi connectivity index (χ3v) is 4.76. The number of ether oxygens (including phenoxy) is 3. The smallest absolute Gasteiger partial charge is 0.488 e. The van der Waals surface area contributed by atoms with Crippen LogP contribution < -0.4 is 19.5 Å². The molecule has 2 aliphatic heterocycles. The predicted octanol–water partition coefficient (Wildman–Crippen LogP) is 1.33. The standard InChI is InChI=1S/C18H18F3N5O6/c19-18(20,21)32-13-3-1-12(2-4-13)31-14-6-24(7-14)9-16(27)22-11-5-25-8-15(26(28)29)23-17(25)30-10-11/h1-4,8,11,14H,5-7,9-10H2,(H,22,27)/t11-/m0/s1. The minimum atomic E-state index is -4.75. The first-order chi connectivity index (χ1) is 15.1. The highest BCUT2D eigenvalue weighted by molar-refractivity contribution is 5.78. The van der Waals surface area contributed by atoms with Crippen LogP contribution in [0.15, 0.2) is 30.5 Å². The molecule has 1 saturated heterocycles. The van der Waals surface area contributed by atoms with Gasteiger partial charge in [-0.1, -0.05) is 0 Å². The van der Waals surface area contributed by atoms with Crippen LogP contribution >= 0.6 is 0 Å². The van der Waals surface area contributed by atoms with Crippen molar-refractivity contribution >= 4 is 11.7 Å². The molecule has 1 atom stereocenters. The summed E-state index contributed by atoms with van der Waals surface area (Å²) in [6.45, 7) is 1.55. The number of fused-ring (bicyclic) bond motifs is 1. The fourth-order valence-corrected chi connectivity index (χ4v) is 3.39. The number of carbonyl (C=O) groups excluding carboxylic acids is 1. The lowest BCUT2D eigenvalue weighted by atomic mass is 10.1. The number of amides is 1. The SMILES string of the molecule is O=C(CN1CC(Oc2ccc(OC(F)(F)F)cc2)C1)N[C@@H]1COc2nc([N+](=O)[O-])cn2C1. The first kappa shape index (κ1) is 21.7. The van der Waals surface area contributed by atoms with Crippen LogP contribution in [0.3, 0.4) is 0 Å². The molecule has 1 aromatic heterocycles. The number of carbonyl (C=O) groups is 1. The molecule has 4 rings (SSSR count). The van der Waals surface area contributed by atoms with Crippen molar-refractivity contribution in [3.63, 3.8) is 0 Å². The van der Waals surface area contributed by atoms with E-state index in [2.05, 4.69) is 15.0 Å². The minimum Gasteiger partial charge on any atom is -0.488 e. The largest absolute Gasteiger partial charge is 0.573 e. The summed E-state index contributed by atoms with van der Waals surface area (Å²) in [6.07, 6.45) is -3.68. The normalized spacial score (nSPS) is 18.8. The number of rotatable bonds is 7. The average molecular weight is 457 g/mol. The summed E-state index contributed by atoms with van der Waals surface area (Å²) in [7, 11) is 0. The first-order valence-corrected chi connectivity index (χ1v) is 9.53. The predicted molar refractivity (Wildman–Crippen MR) is 100 cm³/mol. The van der Waals surface area contributed by atoms with E-state index in [1.165, 1.54) is 35.0 Å². The first-order valence-electron chi connectivity index (χ1n) is 9.53. The van der Waals surface area contributed by atoms with Crippen molar-refractivity contribution < 1.29 is 37.1 Å². The van der Waals surface area contributed by atoms with Gasteiger partial charge in [0.25, 0.3) is 0 Å². The van der Waals surface area contributed by atoms with Crippen LogP contribution in [0.25, 0.3) is 0 Å². The summed E-state index contributed by atoms with van der Waals surface area (Å²) in [5.41, 5.74) is 0. The molecule has 11 nitrogen and oxygen atoms in total. The van der Waals surface area contributed by atoms with Gasteiger partial charge in [0.2, 0.25) is 5.91 Å². The summed E-state index contributed by atoms with van der Waals surface area (Å²) < 4.78 is 52.8. The molecule has 172 valence electrons. The van der Waals surface area contributed by atoms with Gasteiger partial charge in [-0.25, -0.2) is 0 Å². The van der Waals surface area contributed by atoms with Crippen LogP contribution in [-0.4, -0.2) is 70.0 Å². The highest BCUT2D eigenvalue weighted by Gasteiger charge is 2.33. The van der Waals surface area contributed by atoms with Crippen molar-refractivity contribution in [3.05, 3.63) is 40.6 Å².